The minimum atomic E-state index is -3.54. The third-order valence-electron chi connectivity index (χ3n) is 4.11. The minimum Gasteiger partial charge on any atom is -0.341 e. The zero-order valence-corrected chi connectivity index (χ0v) is 14.1. The van der Waals surface area contributed by atoms with E-state index in [2.05, 4.69) is 4.72 Å². The average Bonchev–Trinajstić information content (AvgIpc) is 3.04. The molecule has 6 heteroatoms. The molecule has 2 aromatic carbocycles. The number of sulfonamides is 1. The molecule has 0 spiro atoms. The van der Waals surface area contributed by atoms with Gasteiger partial charge in [-0.05, 0) is 24.1 Å². The Morgan fingerprint density at radius 2 is 1.67 bits per heavy atom. The van der Waals surface area contributed by atoms with Crippen LogP contribution in [0, 0.1) is 0 Å². The first kappa shape index (κ1) is 16.7. The van der Waals surface area contributed by atoms with Crippen molar-refractivity contribution in [3.63, 3.8) is 0 Å². The lowest BCUT2D eigenvalue weighted by molar-refractivity contribution is -0.129. The summed E-state index contributed by atoms with van der Waals surface area (Å²) in [5, 5.41) is 0. The van der Waals surface area contributed by atoms with Crippen molar-refractivity contribution in [2.24, 2.45) is 0 Å². The molecule has 2 aromatic rings. The fourth-order valence-electron chi connectivity index (χ4n) is 2.85. The molecular formula is C18H20N2O3S. The highest BCUT2D eigenvalue weighted by atomic mass is 32.2. The van der Waals surface area contributed by atoms with Crippen LogP contribution in [0.2, 0.25) is 0 Å². The van der Waals surface area contributed by atoms with E-state index < -0.39 is 10.0 Å². The molecule has 1 aliphatic rings. The fourth-order valence-corrected chi connectivity index (χ4v) is 4.14. The Balaban J connectivity index is 1.58. The summed E-state index contributed by atoms with van der Waals surface area (Å²) in [5.41, 5.74) is 0.968. The SMILES string of the molecule is O=C(Cc1ccccc1)N1CC[C@@H](NS(=O)(=O)c2ccccc2)C1. The van der Waals surface area contributed by atoms with Gasteiger partial charge < -0.3 is 4.90 Å². The van der Waals surface area contributed by atoms with Crippen molar-refractivity contribution in [1.82, 2.24) is 9.62 Å². The topological polar surface area (TPSA) is 66.5 Å². The second-order valence-electron chi connectivity index (χ2n) is 5.92. The standard InChI is InChI=1S/C18H20N2O3S/c21-18(13-15-7-3-1-4-8-15)20-12-11-16(14-20)19-24(22,23)17-9-5-2-6-10-17/h1-10,16,19H,11-14H2/t16-/m1/s1. The van der Waals surface area contributed by atoms with Crippen molar-refractivity contribution in [3.8, 4) is 0 Å². The van der Waals surface area contributed by atoms with Gasteiger partial charge in [0.2, 0.25) is 15.9 Å². The molecule has 0 aliphatic carbocycles. The van der Waals surface area contributed by atoms with Gasteiger partial charge in [0.25, 0.3) is 0 Å². The van der Waals surface area contributed by atoms with E-state index in [0.29, 0.717) is 25.9 Å². The van der Waals surface area contributed by atoms with Crippen LogP contribution in [0.25, 0.3) is 0 Å². The zero-order chi connectivity index (χ0) is 17.0. The van der Waals surface area contributed by atoms with Gasteiger partial charge in [0.1, 0.15) is 0 Å². The number of nitrogens with one attached hydrogen (secondary N) is 1. The van der Waals surface area contributed by atoms with Gasteiger partial charge in [-0.15, -0.1) is 0 Å². The van der Waals surface area contributed by atoms with Crippen LogP contribution in [0.15, 0.2) is 65.6 Å². The third kappa shape index (κ3) is 4.01. The molecule has 1 atom stereocenters. The number of carbonyl (C=O) groups excluding carboxylic acids is 1. The molecular weight excluding hydrogens is 324 g/mol. The van der Waals surface area contributed by atoms with Crippen LogP contribution in [-0.2, 0) is 21.2 Å². The lowest BCUT2D eigenvalue weighted by atomic mass is 10.1. The third-order valence-corrected chi connectivity index (χ3v) is 5.65. The summed E-state index contributed by atoms with van der Waals surface area (Å²) in [7, 11) is -3.54. The Morgan fingerprint density at radius 3 is 2.33 bits per heavy atom. The largest absolute Gasteiger partial charge is 0.341 e. The van der Waals surface area contributed by atoms with E-state index >= 15 is 0 Å². The van der Waals surface area contributed by atoms with E-state index in [1.165, 1.54) is 0 Å². The second-order valence-corrected chi connectivity index (χ2v) is 7.64. The molecule has 1 fully saturated rings. The number of likely N-dealkylation sites (tertiary alicyclic amines) is 1. The van der Waals surface area contributed by atoms with Crippen LogP contribution in [0.4, 0.5) is 0 Å². The van der Waals surface area contributed by atoms with E-state index in [0.717, 1.165) is 5.56 Å². The summed E-state index contributed by atoms with van der Waals surface area (Å²) in [6, 6.07) is 17.6. The van der Waals surface area contributed by atoms with E-state index in [9.17, 15) is 13.2 Å². The summed E-state index contributed by atoms with van der Waals surface area (Å²) in [4.78, 5) is 14.3. The van der Waals surface area contributed by atoms with Crippen molar-refractivity contribution < 1.29 is 13.2 Å². The normalized spacial score (nSPS) is 17.8. The lowest BCUT2D eigenvalue weighted by Gasteiger charge is -2.17. The Bertz CT molecular complexity index is 792. The summed E-state index contributed by atoms with van der Waals surface area (Å²) < 4.78 is 27.4. The van der Waals surface area contributed by atoms with Crippen LogP contribution >= 0.6 is 0 Å². The van der Waals surface area contributed by atoms with Crippen LogP contribution in [0.5, 0.6) is 0 Å². The average molecular weight is 344 g/mol. The summed E-state index contributed by atoms with van der Waals surface area (Å²) in [6.07, 6.45) is 0.978. The number of nitrogens with zero attached hydrogens (tertiary/aromatic N) is 1. The monoisotopic (exact) mass is 344 g/mol. The molecule has 0 saturated carbocycles. The van der Waals surface area contributed by atoms with E-state index in [4.69, 9.17) is 0 Å². The van der Waals surface area contributed by atoms with E-state index in [1.54, 1.807) is 35.2 Å². The molecule has 0 aromatic heterocycles. The maximum Gasteiger partial charge on any atom is 0.240 e. The smallest absolute Gasteiger partial charge is 0.240 e. The fraction of sp³-hybridized carbons (Fsp3) is 0.278. The number of rotatable bonds is 5. The molecule has 3 rings (SSSR count). The van der Waals surface area contributed by atoms with Crippen molar-refractivity contribution in [2.45, 2.75) is 23.8 Å². The maximum absolute atomic E-state index is 12.3. The maximum atomic E-state index is 12.3. The molecule has 5 nitrogen and oxygen atoms in total. The summed E-state index contributed by atoms with van der Waals surface area (Å²) >= 11 is 0. The number of carbonyl (C=O) groups is 1. The molecule has 1 N–H and O–H groups in total. The Morgan fingerprint density at radius 1 is 1.04 bits per heavy atom. The van der Waals surface area contributed by atoms with Crippen LogP contribution in [0.1, 0.15) is 12.0 Å². The number of amides is 1. The van der Waals surface area contributed by atoms with Crippen molar-refractivity contribution in [2.75, 3.05) is 13.1 Å². The first-order valence-corrected chi connectivity index (χ1v) is 9.42. The van der Waals surface area contributed by atoms with Gasteiger partial charge >= 0.3 is 0 Å². The van der Waals surface area contributed by atoms with Crippen LogP contribution in [0.3, 0.4) is 0 Å². The Hall–Kier alpha value is -2.18. The predicted octanol–water partition coefficient (Wildman–Crippen LogP) is 1.81. The highest BCUT2D eigenvalue weighted by molar-refractivity contribution is 7.89. The Labute approximate surface area is 142 Å². The van der Waals surface area contributed by atoms with Crippen LogP contribution < -0.4 is 4.72 Å². The first-order valence-electron chi connectivity index (χ1n) is 7.94. The number of benzene rings is 2. The van der Waals surface area contributed by atoms with Gasteiger partial charge in [0, 0.05) is 19.1 Å². The van der Waals surface area contributed by atoms with E-state index in [1.807, 2.05) is 30.3 Å². The van der Waals surface area contributed by atoms with Gasteiger partial charge in [-0.2, -0.15) is 0 Å². The number of hydrogen-bond donors (Lipinski definition) is 1. The molecule has 1 amide bonds. The highest BCUT2D eigenvalue weighted by Gasteiger charge is 2.29. The summed E-state index contributed by atoms with van der Waals surface area (Å²) in [6.45, 7) is 0.991. The van der Waals surface area contributed by atoms with Gasteiger partial charge in [-0.3, -0.25) is 4.79 Å². The molecule has 24 heavy (non-hydrogen) atoms. The van der Waals surface area contributed by atoms with Gasteiger partial charge in [0.05, 0.1) is 11.3 Å². The highest BCUT2D eigenvalue weighted by Crippen LogP contribution is 2.15. The van der Waals surface area contributed by atoms with Gasteiger partial charge in [0.15, 0.2) is 0 Å². The van der Waals surface area contributed by atoms with Crippen LogP contribution in [-0.4, -0.2) is 38.4 Å². The molecule has 0 radical (unpaired) electrons. The lowest BCUT2D eigenvalue weighted by Crippen LogP contribution is -2.38. The molecule has 1 saturated heterocycles. The molecule has 126 valence electrons. The molecule has 1 heterocycles. The molecule has 1 aliphatic heterocycles. The zero-order valence-electron chi connectivity index (χ0n) is 13.3. The first-order chi connectivity index (χ1) is 11.5. The van der Waals surface area contributed by atoms with Crippen molar-refractivity contribution in [3.05, 3.63) is 66.2 Å². The quantitative estimate of drug-likeness (QED) is 0.899. The minimum absolute atomic E-state index is 0.0302. The van der Waals surface area contributed by atoms with Gasteiger partial charge in [-0.25, -0.2) is 13.1 Å². The molecule has 0 bridgehead atoms. The van der Waals surface area contributed by atoms with E-state index in [-0.39, 0.29) is 16.8 Å². The van der Waals surface area contributed by atoms with Crippen molar-refractivity contribution >= 4 is 15.9 Å². The second kappa shape index (κ2) is 7.15. The predicted molar refractivity (Wildman–Crippen MR) is 91.9 cm³/mol. The number of hydrogen-bond acceptors (Lipinski definition) is 3. The summed E-state index contributed by atoms with van der Waals surface area (Å²) in [5.74, 6) is 0.0302. The Kier molecular flexibility index (Phi) is 4.97. The van der Waals surface area contributed by atoms with Gasteiger partial charge in [-0.1, -0.05) is 48.5 Å². The molecule has 0 unspecified atom stereocenters. The van der Waals surface area contributed by atoms with Crippen molar-refractivity contribution in [1.29, 1.82) is 0 Å².